The third kappa shape index (κ3) is 4.64. The van der Waals surface area contributed by atoms with Crippen LogP contribution in [-0.2, 0) is 18.1 Å². The van der Waals surface area contributed by atoms with Gasteiger partial charge in [0.05, 0.1) is 18.2 Å². The van der Waals surface area contributed by atoms with Crippen LogP contribution in [-0.4, -0.2) is 31.3 Å². The number of likely N-dealkylation sites (tertiary alicyclic amines) is 1. The van der Waals surface area contributed by atoms with Gasteiger partial charge in [-0.2, -0.15) is 13.2 Å². The molecule has 4 rings (SSSR count). The fourth-order valence-electron chi connectivity index (χ4n) is 4.71. The number of halogens is 6. The Bertz CT molecular complexity index is 1150. The molecule has 0 unspecified atom stereocenters. The second-order valence-corrected chi connectivity index (χ2v) is 8.43. The summed E-state index contributed by atoms with van der Waals surface area (Å²) in [6.07, 6.45) is -5.70. The molecular formula is C26H23F6NO. The quantitative estimate of drug-likeness (QED) is 0.373. The smallest absolute Gasteiger partial charge is 0.416 e. The number of ether oxygens (including phenoxy) is 1. The molecule has 2 atom stereocenters. The van der Waals surface area contributed by atoms with E-state index < -0.39 is 35.1 Å². The van der Waals surface area contributed by atoms with Crippen molar-refractivity contribution in [2.24, 2.45) is 0 Å². The zero-order valence-corrected chi connectivity index (χ0v) is 18.4. The van der Waals surface area contributed by atoms with Crippen molar-refractivity contribution in [3.05, 3.63) is 101 Å². The van der Waals surface area contributed by atoms with Gasteiger partial charge in [-0.1, -0.05) is 36.4 Å². The second kappa shape index (κ2) is 9.33. The van der Waals surface area contributed by atoms with Crippen molar-refractivity contribution in [3.63, 3.8) is 0 Å². The molecule has 1 aliphatic heterocycles. The first-order chi connectivity index (χ1) is 16.1. The summed E-state index contributed by atoms with van der Waals surface area (Å²) >= 11 is 0. The van der Waals surface area contributed by atoms with Crippen LogP contribution in [0.4, 0.5) is 26.3 Å². The molecule has 3 aromatic rings. The highest BCUT2D eigenvalue weighted by Gasteiger charge is 2.45. The lowest BCUT2D eigenvalue weighted by molar-refractivity contribution is -0.137. The average Bonchev–Trinajstić information content (AvgIpc) is 3.24. The summed E-state index contributed by atoms with van der Waals surface area (Å²) in [6.45, 7) is 0.163. The van der Waals surface area contributed by atoms with E-state index in [9.17, 15) is 26.3 Å². The topological polar surface area (TPSA) is 12.5 Å². The first-order valence-electron chi connectivity index (χ1n) is 10.8. The van der Waals surface area contributed by atoms with Crippen molar-refractivity contribution < 1.29 is 31.1 Å². The highest BCUT2D eigenvalue weighted by molar-refractivity contribution is 5.46. The highest BCUT2D eigenvalue weighted by atomic mass is 19.4. The van der Waals surface area contributed by atoms with E-state index in [0.29, 0.717) is 11.6 Å². The summed E-state index contributed by atoms with van der Waals surface area (Å²) in [5.74, 6) is -1.83. The van der Waals surface area contributed by atoms with Gasteiger partial charge in [0.25, 0.3) is 0 Å². The molecule has 1 fully saturated rings. The standard InChI is InChI=1S/C26H23F6NO/c1-34-24-14-18(7-8-23(24)29)25(33-10-9-21(27)16-33,15-17-5-3-2-4-6-17)19-11-20(26(30,31)32)13-22(28)12-19/h2-8,11-14,21H,9-10,15-16H2,1H3/t21-,25+/m0/s1. The Morgan fingerprint density at radius 3 is 2.24 bits per heavy atom. The summed E-state index contributed by atoms with van der Waals surface area (Å²) in [5, 5.41) is 0. The van der Waals surface area contributed by atoms with E-state index in [2.05, 4.69) is 0 Å². The number of rotatable bonds is 6. The predicted molar refractivity (Wildman–Crippen MR) is 116 cm³/mol. The highest BCUT2D eigenvalue weighted by Crippen LogP contribution is 2.45. The molecule has 0 aliphatic carbocycles. The van der Waals surface area contributed by atoms with Crippen molar-refractivity contribution in [2.45, 2.75) is 30.7 Å². The van der Waals surface area contributed by atoms with Crippen LogP contribution in [0, 0.1) is 11.6 Å². The molecule has 1 aliphatic rings. The van der Waals surface area contributed by atoms with Gasteiger partial charge >= 0.3 is 6.18 Å². The zero-order valence-electron chi connectivity index (χ0n) is 18.4. The molecule has 0 aromatic heterocycles. The number of benzene rings is 3. The Hall–Kier alpha value is -3.00. The maximum atomic E-state index is 14.6. The molecule has 34 heavy (non-hydrogen) atoms. The van der Waals surface area contributed by atoms with Gasteiger partial charge in [-0.25, -0.2) is 13.2 Å². The van der Waals surface area contributed by atoms with Crippen LogP contribution in [0.3, 0.4) is 0 Å². The maximum Gasteiger partial charge on any atom is 0.416 e. The first-order valence-corrected chi connectivity index (χ1v) is 10.8. The summed E-state index contributed by atoms with van der Waals surface area (Å²) in [5.41, 5.74) is -1.43. The minimum absolute atomic E-state index is 0.00596. The van der Waals surface area contributed by atoms with Gasteiger partial charge in [0.1, 0.15) is 12.0 Å². The van der Waals surface area contributed by atoms with Crippen molar-refractivity contribution >= 4 is 0 Å². The summed E-state index contributed by atoms with van der Waals surface area (Å²) in [4.78, 5) is 1.71. The summed E-state index contributed by atoms with van der Waals surface area (Å²) in [6, 6.07) is 15.3. The van der Waals surface area contributed by atoms with E-state index in [4.69, 9.17) is 4.74 Å². The van der Waals surface area contributed by atoms with Crippen LogP contribution in [0.25, 0.3) is 0 Å². The molecule has 1 heterocycles. The molecule has 0 bridgehead atoms. The molecule has 0 N–H and O–H groups in total. The van der Waals surface area contributed by atoms with E-state index >= 15 is 0 Å². The molecule has 3 aromatic carbocycles. The minimum Gasteiger partial charge on any atom is -0.494 e. The maximum absolute atomic E-state index is 14.6. The van der Waals surface area contributed by atoms with E-state index in [-0.39, 0.29) is 37.2 Å². The molecule has 1 saturated heterocycles. The molecule has 8 heteroatoms. The van der Waals surface area contributed by atoms with Crippen LogP contribution in [0.15, 0.2) is 66.7 Å². The molecular weight excluding hydrogens is 456 g/mol. The van der Waals surface area contributed by atoms with Gasteiger partial charge < -0.3 is 4.74 Å². The number of methoxy groups -OCH3 is 1. The average molecular weight is 479 g/mol. The molecule has 0 amide bonds. The SMILES string of the molecule is COc1cc([C@](Cc2ccccc2)(c2cc(F)cc(C(F)(F)F)c2)N2CC[C@H](F)C2)ccc1F. The first kappa shape index (κ1) is 24.1. The molecule has 0 spiro atoms. The zero-order chi connectivity index (χ0) is 24.5. The van der Waals surface area contributed by atoms with Crippen molar-refractivity contribution in [2.75, 3.05) is 20.2 Å². The number of alkyl halides is 4. The Kier molecular flexibility index (Phi) is 6.62. The minimum atomic E-state index is -4.79. The fraction of sp³-hybridized carbons (Fsp3) is 0.308. The summed E-state index contributed by atoms with van der Waals surface area (Å²) < 4.78 is 89.5. The van der Waals surface area contributed by atoms with Crippen molar-refractivity contribution in [3.8, 4) is 5.75 Å². The molecule has 2 nitrogen and oxygen atoms in total. The van der Waals surface area contributed by atoms with Crippen LogP contribution in [0.1, 0.15) is 28.7 Å². The van der Waals surface area contributed by atoms with Crippen LogP contribution < -0.4 is 4.74 Å². The number of hydrogen-bond acceptors (Lipinski definition) is 2. The van der Waals surface area contributed by atoms with E-state index in [0.717, 1.165) is 23.8 Å². The lowest BCUT2D eigenvalue weighted by Gasteiger charge is -2.44. The molecule has 180 valence electrons. The normalized spacial score (nSPS) is 18.6. The van der Waals surface area contributed by atoms with Crippen LogP contribution in [0.2, 0.25) is 0 Å². The van der Waals surface area contributed by atoms with Gasteiger partial charge in [0.15, 0.2) is 11.6 Å². The van der Waals surface area contributed by atoms with E-state index in [1.807, 2.05) is 0 Å². The third-order valence-electron chi connectivity index (χ3n) is 6.30. The van der Waals surface area contributed by atoms with E-state index in [1.165, 1.54) is 19.2 Å². The third-order valence-corrected chi connectivity index (χ3v) is 6.30. The lowest BCUT2D eigenvalue weighted by atomic mass is 9.76. The Morgan fingerprint density at radius 1 is 0.912 bits per heavy atom. The largest absolute Gasteiger partial charge is 0.494 e. The van der Waals surface area contributed by atoms with Gasteiger partial charge in [0, 0.05) is 13.1 Å². The number of hydrogen-bond donors (Lipinski definition) is 0. The predicted octanol–water partition coefficient (Wildman–Crippen LogP) is 6.52. The number of nitrogens with zero attached hydrogens (tertiary/aromatic N) is 1. The molecule has 0 saturated carbocycles. The summed E-state index contributed by atoms with van der Waals surface area (Å²) in [7, 11) is 1.28. The second-order valence-electron chi connectivity index (χ2n) is 8.43. The van der Waals surface area contributed by atoms with Crippen molar-refractivity contribution in [1.29, 1.82) is 0 Å². The Labute approximate surface area is 193 Å². The van der Waals surface area contributed by atoms with Gasteiger partial charge in [-0.05, 0) is 59.9 Å². The van der Waals surface area contributed by atoms with Crippen LogP contribution >= 0.6 is 0 Å². The van der Waals surface area contributed by atoms with Gasteiger partial charge in [-0.3, -0.25) is 4.90 Å². The fourth-order valence-corrected chi connectivity index (χ4v) is 4.71. The van der Waals surface area contributed by atoms with Crippen molar-refractivity contribution in [1.82, 2.24) is 4.90 Å². The lowest BCUT2D eigenvalue weighted by Crippen LogP contribution is -2.48. The Balaban J connectivity index is 2.03. The monoisotopic (exact) mass is 479 g/mol. The Morgan fingerprint density at radius 2 is 1.62 bits per heavy atom. The van der Waals surface area contributed by atoms with E-state index in [1.54, 1.807) is 35.2 Å². The van der Waals surface area contributed by atoms with Crippen LogP contribution in [0.5, 0.6) is 5.75 Å². The van der Waals surface area contributed by atoms with Gasteiger partial charge in [0.2, 0.25) is 0 Å². The molecule has 0 radical (unpaired) electrons. The van der Waals surface area contributed by atoms with Gasteiger partial charge in [-0.15, -0.1) is 0 Å².